The van der Waals surface area contributed by atoms with Crippen LogP contribution in [0.2, 0.25) is 0 Å². The van der Waals surface area contributed by atoms with Gasteiger partial charge < -0.3 is 24.1 Å². The van der Waals surface area contributed by atoms with Crippen molar-refractivity contribution in [2.45, 2.75) is 19.9 Å². The molecule has 1 N–H and O–H groups in total. The molecular weight excluding hydrogens is 394 g/mol. The van der Waals surface area contributed by atoms with Crippen molar-refractivity contribution < 1.29 is 23.5 Å². The number of carbonyl (C=O) groups excluding carboxylic acids is 1. The molecule has 2 aromatic heterocycles. The lowest BCUT2D eigenvalue weighted by molar-refractivity contribution is 0.0918. The molecule has 29 heavy (non-hydrogen) atoms. The van der Waals surface area contributed by atoms with E-state index < -0.39 is 6.04 Å². The number of rotatable bonds is 8. The maximum Gasteiger partial charge on any atom is 0.262 e. The van der Waals surface area contributed by atoms with Crippen molar-refractivity contribution in [3.63, 3.8) is 0 Å². The Balaban J connectivity index is 1.91. The molecule has 1 amide bonds. The first-order valence-corrected chi connectivity index (χ1v) is 9.84. The molecule has 0 spiro atoms. The molecule has 1 atom stereocenters. The van der Waals surface area contributed by atoms with Gasteiger partial charge in [-0.3, -0.25) is 4.79 Å². The van der Waals surface area contributed by atoms with E-state index >= 15 is 0 Å². The standard InChI is InChI=1S/C20H23N3O5S/c1-11(2)16(21-19(24)15-7-6-8-29-15)20-22-18(23-28-20)12-9-13(25-3)17(27-5)14(10-12)26-4/h6-11,16H,1-5H3,(H,21,24)/t16-/m1/s1. The van der Waals surface area contributed by atoms with E-state index in [0.29, 0.717) is 39.4 Å². The minimum Gasteiger partial charge on any atom is -0.493 e. The van der Waals surface area contributed by atoms with Crippen LogP contribution in [-0.2, 0) is 0 Å². The van der Waals surface area contributed by atoms with Crippen LogP contribution in [0.25, 0.3) is 11.4 Å². The number of carbonyl (C=O) groups is 1. The van der Waals surface area contributed by atoms with Gasteiger partial charge in [-0.05, 0) is 29.5 Å². The van der Waals surface area contributed by atoms with Gasteiger partial charge in [-0.15, -0.1) is 11.3 Å². The Morgan fingerprint density at radius 2 is 1.83 bits per heavy atom. The fraction of sp³-hybridized carbons (Fsp3) is 0.350. The van der Waals surface area contributed by atoms with Gasteiger partial charge in [0.2, 0.25) is 17.5 Å². The van der Waals surface area contributed by atoms with E-state index in [1.54, 1.807) is 18.2 Å². The monoisotopic (exact) mass is 417 g/mol. The Kier molecular flexibility index (Phi) is 6.38. The number of benzene rings is 1. The molecule has 8 nitrogen and oxygen atoms in total. The lowest BCUT2D eigenvalue weighted by Crippen LogP contribution is -2.31. The summed E-state index contributed by atoms with van der Waals surface area (Å²) in [6.07, 6.45) is 0. The SMILES string of the molecule is COc1cc(-c2noc([C@H](NC(=O)c3cccs3)C(C)C)n2)cc(OC)c1OC. The van der Waals surface area contributed by atoms with Gasteiger partial charge in [0, 0.05) is 5.56 Å². The third-order valence-electron chi connectivity index (χ3n) is 4.33. The van der Waals surface area contributed by atoms with Gasteiger partial charge >= 0.3 is 0 Å². The van der Waals surface area contributed by atoms with Gasteiger partial charge in [-0.1, -0.05) is 25.1 Å². The molecule has 0 fully saturated rings. The molecule has 3 rings (SSSR count). The highest BCUT2D eigenvalue weighted by Crippen LogP contribution is 2.40. The van der Waals surface area contributed by atoms with Crippen LogP contribution >= 0.6 is 11.3 Å². The van der Waals surface area contributed by atoms with Gasteiger partial charge in [0.1, 0.15) is 6.04 Å². The Morgan fingerprint density at radius 1 is 1.14 bits per heavy atom. The Bertz CT molecular complexity index is 943. The van der Waals surface area contributed by atoms with Crippen LogP contribution in [-0.4, -0.2) is 37.4 Å². The number of hydrogen-bond acceptors (Lipinski definition) is 8. The number of nitrogens with one attached hydrogen (secondary N) is 1. The Morgan fingerprint density at radius 3 is 2.34 bits per heavy atom. The second kappa shape index (κ2) is 8.95. The number of amides is 1. The Labute approximate surface area is 172 Å². The molecule has 1 aromatic carbocycles. The molecule has 0 saturated carbocycles. The van der Waals surface area contributed by atoms with Gasteiger partial charge in [0.05, 0.1) is 26.2 Å². The second-order valence-corrected chi connectivity index (χ2v) is 7.49. The van der Waals surface area contributed by atoms with Gasteiger partial charge in [-0.25, -0.2) is 0 Å². The maximum absolute atomic E-state index is 12.5. The average Bonchev–Trinajstić information content (AvgIpc) is 3.42. The highest BCUT2D eigenvalue weighted by atomic mass is 32.1. The van der Waals surface area contributed by atoms with E-state index in [-0.39, 0.29) is 11.8 Å². The van der Waals surface area contributed by atoms with Crippen molar-refractivity contribution >= 4 is 17.2 Å². The fourth-order valence-electron chi connectivity index (χ4n) is 2.82. The van der Waals surface area contributed by atoms with E-state index in [0.717, 1.165) is 0 Å². The second-order valence-electron chi connectivity index (χ2n) is 6.54. The third kappa shape index (κ3) is 4.34. The van der Waals surface area contributed by atoms with E-state index in [9.17, 15) is 4.79 Å². The van der Waals surface area contributed by atoms with E-state index in [1.165, 1.54) is 32.7 Å². The molecule has 0 aliphatic carbocycles. The third-order valence-corrected chi connectivity index (χ3v) is 5.20. The van der Waals surface area contributed by atoms with Crippen molar-refractivity contribution in [3.8, 4) is 28.6 Å². The summed E-state index contributed by atoms with van der Waals surface area (Å²) in [7, 11) is 4.62. The largest absolute Gasteiger partial charge is 0.493 e. The molecule has 3 aromatic rings. The number of thiophene rings is 1. The van der Waals surface area contributed by atoms with Crippen LogP contribution in [0, 0.1) is 5.92 Å². The molecule has 0 saturated heterocycles. The first-order chi connectivity index (χ1) is 14.0. The Hall–Kier alpha value is -3.07. The average molecular weight is 417 g/mol. The first-order valence-electron chi connectivity index (χ1n) is 8.96. The minimum atomic E-state index is -0.423. The molecule has 0 unspecified atom stereocenters. The van der Waals surface area contributed by atoms with Crippen LogP contribution < -0.4 is 19.5 Å². The molecular formula is C20H23N3O5S. The normalized spacial score (nSPS) is 11.9. The smallest absolute Gasteiger partial charge is 0.262 e. The summed E-state index contributed by atoms with van der Waals surface area (Å²) in [6, 6.07) is 6.66. The number of ether oxygens (including phenoxy) is 3. The lowest BCUT2D eigenvalue weighted by atomic mass is 10.0. The first kappa shape index (κ1) is 20.7. The molecule has 0 aliphatic rings. The predicted molar refractivity (Wildman–Crippen MR) is 109 cm³/mol. The zero-order valence-electron chi connectivity index (χ0n) is 16.9. The highest BCUT2D eigenvalue weighted by molar-refractivity contribution is 7.12. The fourth-order valence-corrected chi connectivity index (χ4v) is 3.45. The van der Waals surface area contributed by atoms with Crippen molar-refractivity contribution in [3.05, 3.63) is 40.4 Å². The summed E-state index contributed by atoms with van der Waals surface area (Å²) >= 11 is 1.38. The van der Waals surface area contributed by atoms with Crippen LogP contribution in [0.4, 0.5) is 0 Å². The van der Waals surface area contributed by atoms with Crippen molar-refractivity contribution in [1.82, 2.24) is 15.5 Å². The summed E-state index contributed by atoms with van der Waals surface area (Å²) in [4.78, 5) is 17.6. The molecule has 0 radical (unpaired) electrons. The molecule has 9 heteroatoms. The van der Waals surface area contributed by atoms with Gasteiger partial charge in [0.25, 0.3) is 5.91 Å². The minimum absolute atomic E-state index is 0.0483. The van der Waals surface area contributed by atoms with Crippen molar-refractivity contribution in [2.24, 2.45) is 5.92 Å². The summed E-state index contributed by atoms with van der Waals surface area (Å²) in [6.45, 7) is 3.95. The van der Waals surface area contributed by atoms with Gasteiger partial charge in [-0.2, -0.15) is 4.98 Å². The van der Waals surface area contributed by atoms with E-state index in [1.807, 2.05) is 25.3 Å². The molecule has 2 heterocycles. The zero-order chi connectivity index (χ0) is 21.0. The molecule has 0 bridgehead atoms. The summed E-state index contributed by atoms with van der Waals surface area (Å²) in [5.74, 6) is 2.01. The maximum atomic E-state index is 12.5. The zero-order valence-corrected chi connectivity index (χ0v) is 17.7. The molecule has 154 valence electrons. The van der Waals surface area contributed by atoms with Crippen LogP contribution in [0.1, 0.15) is 35.5 Å². The van der Waals surface area contributed by atoms with Gasteiger partial charge in [0.15, 0.2) is 11.5 Å². The quantitative estimate of drug-likeness (QED) is 0.593. The number of nitrogens with zero attached hydrogens (tertiary/aromatic N) is 2. The summed E-state index contributed by atoms with van der Waals surface area (Å²) in [5, 5.41) is 8.90. The van der Waals surface area contributed by atoms with Crippen LogP contribution in [0.5, 0.6) is 17.2 Å². The number of methoxy groups -OCH3 is 3. The number of hydrogen-bond donors (Lipinski definition) is 1. The topological polar surface area (TPSA) is 95.7 Å². The van der Waals surface area contributed by atoms with Crippen LogP contribution in [0.3, 0.4) is 0 Å². The lowest BCUT2D eigenvalue weighted by Gasteiger charge is -2.18. The van der Waals surface area contributed by atoms with Crippen molar-refractivity contribution in [1.29, 1.82) is 0 Å². The van der Waals surface area contributed by atoms with E-state index in [2.05, 4.69) is 15.5 Å². The number of aromatic nitrogens is 2. The highest BCUT2D eigenvalue weighted by Gasteiger charge is 2.26. The van der Waals surface area contributed by atoms with E-state index in [4.69, 9.17) is 18.7 Å². The predicted octanol–water partition coefficient (Wildman–Crippen LogP) is 3.95. The molecule has 0 aliphatic heterocycles. The van der Waals surface area contributed by atoms with Crippen molar-refractivity contribution in [2.75, 3.05) is 21.3 Å². The van der Waals surface area contributed by atoms with Crippen LogP contribution in [0.15, 0.2) is 34.2 Å². The summed E-state index contributed by atoms with van der Waals surface area (Å²) in [5.41, 5.74) is 0.640. The summed E-state index contributed by atoms with van der Waals surface area (Å²) < 4.78 is 21.6.